The number of nitrogens with two attached hydrogens (primary N) is 5. The number of likely N-dealkylation sites (N-methyl/N-ethyl adjacent to an activating group) is 1. The summed E-state index contributed by atoms with van der Waals surface area (Å²) in [7, 11) is 1.56. The second-order valence-electron chi connectivity index (χ2n) is 10.8. The summed E-state index contributed by atoms with van der Waals surface area (Å²) in [6.07, 6.45) is -8.21. The number of ether oxygens (including phenoxy) is 4. The number of carbonyl (C=O) groups is 1. The Morgan fingerprint density at radius 3 is 2.42 bits per heavy atom. The Morgan fingerprint density at radius 2 is 1.82 bits per heavy atom. The molecule has 17 nitrogen and oxygen atoms in total. The van der Waals surface area contributed by atoms with Gasteiger partial charge in [-0.2, -0.15) is 0 Å². The van der Waals surface area contributed by atoms with Gasteiger partial charge in [0.2, 0.25) is 5.91 Å². The number of rotatable bonds is 10. The molecule has 1 saturated carbocycles. The van der Waals surface area contributed by atoms with Crippen molar-refractivity contribution in [1.82, 2.24) is 10.6 Å². The Labute approximate surface area is 232 Å². The van der Waals surface area contributed by atoms with Gasteiger partial charge in [0.1, 0.15) is 42.2 Å². The average molecular weight is 579 g/mol. The molecule has 1 aliphatic carbocycles. The number of amides is 1. The lowest BCUT2D eigenvalue weighted by molar-refractivity contribution is -0.307. The van der Waals surface area contributed by atoms with Crippen LogP contribution in [0, 0.1) is 0 Å². The first-order chi connectivity index (χ1) is 18.8. The van der Waals surface area contributed by atoms with Crippen LogP contribution in [0.5, 0.6) is 0 Å². The number of aliphatic imine (C=N–C) groups is 1. The molecular formula is C23H46N8O9. The number of guanidine groups is 1. The van der Waals surface area contributed by atoms with Crippen molar-refractivity contribution < 1.29 is 44.2 Å². The van der Waals surface area contributed by atoms with Crippen LogP contribution in [0.25, 0.3) is 0 Å². The van der Waals surface area contributed by atoms with E-state index in [1.54, 1.807) is 7.05 Å². The fourth-order valence-corrected chi connectivity index (χ4v) is 5.45. The Balaban J connectivity index is 1.86. The van der Waals surface area contributed by atoms with Gasteiger partial charge < -0.3 is 78.7 Å². The van der Waals surface area contributed by atoms with E-state index in [4.69, 9.17) is 47.6 Å². The lowest BCUT2D eigenvalue weighted by Gasteiger charge is -2.49. The van der Waals surface area contributed by atoms with E-state index in [-0.39, 0.29) is 38.2 Å². The molecule has 1 amide bonds. The number of hydrogen-bond acceptors (Lipinski definition) is 14. The molecule has 0 aromatic heterocycles. The van der Waals surface area contributed by atoms with E-state index >= 15 is 0 Å². The Bertz CT molecular complexity index is 866. The highest BCUT2D eigenvalue weighted by Crippen LogP contribution is 2.33. The zero-order valence-corrected chi connectivity index (χ0v) is 22.8. The minimum Gasteiger partial charge on any atom is -0.388 e. The molecule has 0 bridgehead atoms. The highest BCUT2D eigenvalue weighted by molar-refractivity contribution is 5.81. The van der Waals surface area contributed by atoms with Gasteiger partial charge in [-0.15, -0.1) is 0 Å². The van der Waals surface area contributed by atoms with Crippen molar-refractivity contribution in [1.29, 1.82) is 0 Å². The van der Waals surface area contributed by atoms with E-state index in [1.807, 2.05) is 0 Å². The Hall–Kier alpha value is -1.74. The molecule has 0 aromatic rings. The summed E-state index contributed by atoms with van der Waals surface area (Å²) in [5.41, 5.74) is 27.4. The van der Waals surface area contributed by atoms with Gasteiger partial charge >= 0.3 is 0 Å². The summed E-state index contributed by atoms with van der Waals surface area (Å²) in [4.78, 5) is 16.7. The van der Waals surface area contributed by atoms with Crippen LogP contribution < -0.4 is 39.3 Å². The van der Waals surface area contributed by atoms with E-state index in [0.29, 0.717) is 12.8 Å². The summed E-state index contributed by atoms with van der Waals surface area (Å²) in [6, 6.07) is -3.22. The monoisotopic (exact) mass is 578 g/mol. The summed E-state index contributed by atoms with van der Waals surface area (Å²) >= 11 is 0. The molecule has 2 saturated heterocycles. The lowest BCUT2D eigenvalue weighted by atomic mass is 9.83. The standard InChI is InChI=1S/C23H46N8O9/c1-23(36)8-37-21(15(34)18(23)29-2)40-17-12(30-19(35)13(32)7-25)5-10(26)16(14(17)33)39-20-11(31-22(27)28)4-3-9(6-24)38-20/h9-18,20-21,29,32-34,36H,3-8,24-26H2,1-2H3,(H,30,35)(H4,27,28,31)/t9-,10-,11+,12+,13-,14-,15+,16+,17-,18+,20+,21+,23-/m0/s1. The van der Waals surface area contributed by atoms with Crippen LogP contribution in [0.3, 0.4) is 0 Å². The molecule has 2 heterocycles. The Morgan fingerprint density at radius 1 is 1.15 bits per heavy atom. The van der Waals surface area contributed by atoms with Crippen LogP contribution in [0.15, 0.2) is 4.99 Å². The maximum atomic E-state index is 12.5. The number of nitrogens with one attached hydrogen (secondary N) is 2. The predicted molar refractivity (Wildman–Crippen MR) is 141 cm³/mol. The molecule has 0 radical (unpaired) electrons. The first-order valence-electron chi connectivity index (χ1n) is 13.4. The lowest BCUT2D eigenvalue weighted by Crippen LogP contribution is -2.69. The van der Waals surface area contributed by atoms with Gasteiger partial charge in [-0.1, -0.05) is 0 Å². The van der Waals surface area contributed by atoms with Crippen molar-refractivity contribution >= 4 is 11.9 Å². The number of carbonyl (C=O) groups excluding carboxylic acids is 1. The molecule has 16 N–H and O–H groups in total. The number of aliphatic hydroxyl groups is 4. The van der Waals surface area contributed by atoms with Crippen molar-refractivity contribution in [3.05, 3.63) is 0 Å². The van der Waals surface area contributed by atoms with Gasteiger partial charge in [0.15, 0.2) is 18.5 Å². The van der Waals surface area contributed by atoms with Crippen LogP contribution in [-0.2, 0) is 23.7 Å². The normalized spacial score (nSPS) is 43.1. The van der Waals surface area contributed by atoms with E-state index in [2.05, 4.69) is 15.6 Å². The van der Waals surface area contributed by atoms with E-state index < -0.39 is 78.8 Å². The fourth-order valence-electron chi connectivity index (χ4n) is 5.45. The molecule has 0 unspecified atom stereocenters. The largest absolute Gasteiger partial charge is 0.388 e. The van der Waals surface area contributed by atoms with Crippen molar-refractivity contribution in [2.45, 2.75) is 105 Å². The third-order valence-corrected chi connectivity index (χ3v) is 7.60. The molecule has 232 valence electrons. The van der Waals surface area contributed by atoms with Crippen LogP contribution in [0.2, 0.25) is 0 Å². The van der Waals surface area contributed by atoms with Gasteiger partial charge in [-0.25, -0.2) is 4.99 Å². The molecule has 3 fully saturated rings. The minimum absolute atomic E-state index is 0.0331. The Kier molecular flexibility index (Phi) is 11.4. The minimum atomic E-state index is -1.51. The smallest absolute Gasteiger partial charge is 0.250 e. The van der Waals surface area contributed by atoms with Crippen LogP contribution in [-0.4, -0.2) is 138 Å². The zero-order chi connectivity index (χ0) is 29.8. The summed E-state index contributed by atoms with van der Waals surface area (Å²) in [6.45, 7) is 1.20. The average Bonchev–Trinajstić information content (AvgIpc) is 2.89. The van der Waals surface area contributed by atoms with Crippen molar-refractivity contribution in [2.24, 2.45) is 33.7 Å². The van der Waals surface area contributed by atoms with E-state index in [0.717, 1.165) is 0 Å². The topological polar surface area (TPSA) is 301 Å². The van der Waals surface area contributed by atoms with Crippen molar-refractivity contribution in [2.75, 3.05) is 26.7 Å². The predicted octanol–water partition coefficient (Wildman–Crippen LogP) is -6.18. The van der Waals surface area contributed by atoms with Crippen LogP contribution in [0.4, 0.5) is 0 Å². The second kappa shape index (κ2) is 14.0. The molecule has 0 aromatic carbocycles. The number of hydrogen-bond donors (Lipinski definition) is 11. The highest BCUT2D eigenvalue weighted by atomic mass is 16.7. The number of aliphatic hydroxyl groups excluding tert-OH is 3. The van der Waals surface area contributed by atoms with Gasteiger partial charge in [0, 0.05) is 19.1 Å². The molecule has 40 heavy (non-hydrogen) atoms. The maximum absolute atomic E-state index is 12.5. The molecule has 2 aliphatic heterocycles. The van der Waals surface area contributed by atoms with Gasteiger partial charge in [-0.3, -0.25) is 4.79 Å². The third kappa shape index (κ3) is 7.55. The first kappa shape index (κ1) is 32.8. The van der Waals surface area contributed by atoms with Gasteiger partial charge in [0.25, 0.3) is 0 Å². The fraction of sp³-hybridized carbons (Fsp3) is 0.913. The third-order valence-electron chi connectivity index (χ3n) is 7.60. The second-order valence-corrected chi connectivity index (χ2v) is 10.8. The van der Waals surface area contributed by atoms with Crippen molar-refractivity contribution in [3.8, 4) is 0 Å². The van der Waals surface area contributed by atoms with E-state index in [9.17, 15) is 25.2 Å². The van der Waals surface area contributed by atoms with E-state index in [1.165, 1.54) is 6.92 Å². The molecule has 0 spiro atoms. The number of nitrogens with zero attached hydrogens (tertiary/aromatic N) is 1. The van der Waals surface area contributed by atoms with Crippen LogP contribution in [0.1, 0.15) is 26.2 Å². The molecule has 3 rings (SSSR count). The SMILES string of the molecule is CN[C@@H]1[C@@H](O)[C@@H](O[C@@H]2[C@@H](O)[C@H](O[C@H]3O[C@H](CN)CC[C@H]3N=C(N)N)[C@@H](N)C[C@H]2NC(=O)[C@@H](O)CN)OC[C@]1(C)O. The zero-order valence-electron chi connectivity index (χ0n) is 22.8. The quantitative estimate of drug-likeness (QED) is 0.0848. The van der Waals surface area contributed by atoms with Gasteiger partial charge in [0.05, 0.1) is 24.8 Å². The molecular weight excluding hydrogens is 532 g/mol. The van der Waals surface area contributed by atoms with Gasteiger partial charge in [-0.05, 0) is 33.2 Å². The molecule has 17 heteroatoms. The first-order valence-corrected chi connectivity index (χ1v) is 13.4. The summed E-state index contributed by atoms with van der Waals surface area (Å²) in [5, 5.41) is 48.4. The molecule has 3 aliphatic rings. The summed E-state index contributed by atoms with van der Waals surface area (Å²) in [5.74, 6) is -0.960. The molecule has 13 atom stereocenters. The maximum Gasteiger partial charge on any atom is 0.250 e. The highest BCUT2D eigenvalue weighted by Gasteiger charge is 2.52. The van der Waals surface area contributed by atoms with Crippen LogP contribution >= 0.6 is 0 Å². The summed E-state index contributed by atoms with van der Waals surface area (Å²) < 4.78 is 23.8. The van der Waals surface area contributed by atoms with Crippen molar-refractivity contribution in [3.63, 3.8) is 0 Å².